The largest absolute Gasteiger partial charge is 0.372 e. The van der Waals surface area contributed by atoms with Gasteiger partial charge in [0.25, 0.3) is 0 Å². The zero-order valence-electron chi connectivity index (χ0n) is 7.35. The van der Waals surface area contributed by atoms with Crippen LogP contribution >= 0.6 is 0 Å². The molecule has 3 nitrogen and oxygen atoms in total. The zero-order valence-corrected chi connectivity index (χ0v) is 7.35. The smallest absolute Gasteiger partial charge is 0.245 e. The van der Waals surface area contributed by atoms with Crippen LogP contribution in [0, 0.1) is 0 Å². The molecule has 3 heteroatoms. The Kier molecular flexibility index (Phi) is 7.15. The highest BCUT2D eigenvalue weighted by atomic mass is 16.5. The topological polar surface area (TPSA) is 38.3 Å². The molecule has 0 aromatic carbocycles. The van der Waals surface area contributed by atoms with E-state index in [-0.39, 0.29) is 12.5 Å². The van der Waals surface area contributed by atoms with Crippen LogP contribution in [-0.2, 0) is 9.53 Å². The molecule has 66 valence electrons. The fraction of sp³-hybridized carbons (Fsp3) is 0.875. The van der Waals surface area contributed by atoms with Crippen LogP contribution in [0.5, 0.6) is 0 Å². The van der Waals surface area contributed by atoms with Crippen molar-refractivity contribution in [2.45, 2.75) is 26.7 Å². The van der Waals surface area contributed by atoms with Crippen LogP contribution in [0.3, 0.4) is 0 Å². The van der Waals surface area contributed by atoms with Crippen molar-refractivity contribution in [3.05, 3.63) is 0 Å². The van der Waals surface area contributed by atoms with Crippen LogP contribution in [0.25, 0.3) is 0 Å². The van der Waals surface area contributed by atoms with Crippen LogP contribution in [-0.4, -0.2) is 25.7 Å². The number of carbonyl (C=O) groups is 1. The number of nitrogens with one attached hydrogen (secondary N) is 1. The molecule has 0 aromatic rings. The number of hydrogen-bond donors (Lipinski definition) is 1. The second-order valence-corrected chi connectivity index (χ2v) is 2.40. The molecule has 0 radical (unpaired) electrons. The Morgan fingerprint density at radius 1 is 1.36 bits per heavy atom. The summed E-state index contributed by atoms with van der Waals surface area (Å²) in [4.78, 5) is 10.8. The van der Waals surface area contributed by atoms with Crippen molar-refractivity contribution >= 4 is 5.91 Å². The van der Waals surface area contributed by atoms with Gasteiger partial charge < -0.3 is 10.1 Å². The first-order chi connectivity index (χ1) is 5.31. The maximum atomic E-state index is 10.8. The number of ether oxygens (including phenoxy) is 1. The fourth-order valence-electron chi connectivity index (χ4n) is 0.625. The maximum Gasteiger partial charge on any atom is 0.245 e. The van der Waals surface area contributed by atoms with Gasteiger partial charge in [0.15, 0.2) is 0 Å². The lowest BCUT2D eigenvalue weighted by Crippen LogP contribution is -2.28. The van der Waals surface area contributed by atoms with E-state index in [1.807, 2.05) is 13.8 Å². The summed E-state index contributed by atoms with van der Waals surface area (Å²) in [5.41, 5.74) is 0. The first-order valence-electron chi connectivity index (χ1n) is 4.15. The summed E-state index contributed by atoms with van der Waals surface area (Å²) in [7, 11) is 0. The molecule has 0 bridgehead atoms. The molecule has 0 rings (SSSR count). The normalized spacial score (nSPS) is 9.64. The van der Waals surface area contributed by atoms with E-state index >= 15 is 0 Å². The van der Waals surface area contributed by atoms with Crippen molar-refractivity contribution in [1.29, 1.82) is 0 Å². The molecule has 0 spiro atoms. The minimum atomic E-state index is -0.0136. The Balaban J connectivity index is 3.09. The second kappa shape index (κ2) is 7.54. The van der Waals surface area contributed by atoms with E-state index in [1.165, 1.54) is 0 Å². The van der Waals surface area contributed by atoms with E-state index in [2.05, 4.69) is 5.32 Å². The van der Waals surface area contributed by atoms with Gasteiger partial charge in [0.2, 0.25) is 5.91 Å². The Morgan fingerprint density at radius 2 is 2.09 bits per heavy atom. The SMILES string of the molecule is CCCNC(=O)COCCC. The van der Waals surface area contributed by atoms with E-state index in [0.29, 0.717) is 6.61 Å². The molecule has 0 unspecified atom stereocenters. The lowest BCUT2D eigenvalue weighted by molar-refractivity contribution is -0.125. The van der Waals surface area contributed by atoms with Gasteiger partial charge >= 0.3 is 0 Å². The Labute approximate surface area is 68.1 Å². The van der Waals surface area contributed by atoms with Crippen LogP contribution in [0.2, 0.25) is 0 Å². The van der Waals surface area contributed by atoms with Crippen LogP contribution < -0.4 is 5.32 Å². The first kappa shape index (κ1) is 10.4. The highest BCUT2D eigenvalue weighted by molar-refractivity contribution is 5.77. The minimum absolute atomic E-state index is 0.0136. The van der Waals surface area contributed by atoms with Gasteiger partial charge in [-0.2, -0.15) is 0 Å². The molecule has 0 aliphatic heterocycles. The number of amides is 1. The van der Waals surface area contributed by atoms with Gasteiger partial charge in [-0.1, -0.05) is 13.8 Å². The van der Waals surface area contributed by atoms with Gasteiger partial charge in [-0.25, -0.2) is 0 Å². The minimum Gasteiger partial charge on any atom is -0.372 e. The average Bonchev–Trinajstić information content (AvgIpc) is 2.01. The maximum absolute atomic E-state index is 10.8. The monoisotopic (exact) mass is 159 g/mol. The molecule has 11 heavy (non-hydrogen) atoms. The molecule has 0 aliphatic rings. The van der Waals surface area contributed by atoms with Gasteiger partial charge in [-0.05, 0) is 12.8 Å². The van der Waals surface area contributed by atoms with Crippen molar-refractivity contribution < 1.29 is 9.53 Å². The van der Waals surface area contributed by atoms with E-state index in [0.717, 1.165) is 19.4 Å². The highest BCUT2D eigenvalue weighted by Crippen LogP contribution is 1.80. The summed E-state index contributed by atoms with van der Waals surface area (Å²) in [6.07, 6.45) is 1.93. The molecular weight excluding hydrogens is 142 g/mol. The van der Waals surface area contributed by atoms with Crippen molar-refractivity contribution in [3.63, 3.8) is 0 Å². The summed E-state index contributed by atoms with van der Waals surface area (Å²) in [5, 5.41) is 2.73. The van der Waals surface area contributed by atoms with E-state index in [9.17, 15) is 4.79 Å². The Bertz CT molecular complexity index is 104. The lowest BCUT2D eigenvalue weighted by atomic mass is 10.4. The molecule has 0 fully saturated rings. The third-order valence-electron chi connectivity index (χ3n) is 1.15. The van der Waals surface area contributed by atoms with Gasteiger partial charge in [-0.3, -0.25) is 4.79 Å². The molecule has 0 saturated carbocycles. The van der Waals surface area contributed by atoms with Crippen molar-refractivity contribution in [3.8, 4) is 0 Å². The Morgan fingerprint density at radius 3 is 2.64 bits per heavy atom. The standard InChI is InChI=1S/C8H17NO2/c1-3-5-9-8(10)7-11-6-4-2/h3-7H2,1-2H3,(H,9,10). The summed E-state index contributed by atoms with van der Waals surface area (Å²) in [6.45, 7) is 5.65. The van der Waals surface area contributed by atoms with Crippen LogP contribution in [0.15, 0.2) is 0 Å². The van der Waals surface area contributed by atoms with Gasteiger partial charge in [0.05, 0.1) is 0 Å². The molecule has 0 aromatic heterocycles. The Hall–Kier alpha value is -0.570. The number of hydrogen-bond acceptors (Lipinski definition) is 2. The van der Waals surface area contributed by atoms with Gasteiger partial charge in [-0.15, -0.1) is 0 Å². The second-order valence-electron chi connectivity index (χ2n) is 2.40. The fourth-order valence-corrected chi connectivity index (χ4v) is 0.625. The number of carbonyl (C=O) groups excluding carboxylic acids is 1. The molecule has 0 atom stereocenters. The molecule has 1 N–H and O–H groups in total. The van der Waals surface area contributed by atoms with Crippen molar-refractivity contribution in [2.24, 2.45) is 0 Å². The predicted octanol–water partition coefficient (Wildman–Crippen LogP) is 0.939. The summed E-state index contributed by atoms with van der Waals surface area (Å²) in [6, 6.07) is 0. The summed E-state index contributed by atoms with van der Waals surface area (Å²) >= 11 is 0. The van der Waals surface area contributed by atoms with Gasteiger partial charge in [0.1, 0.15) is 6.61 Å². The lowest BCUT2D eigenvalue weighted by Gasteiger charge is -2.02. The average molecular weight is 159 g/mol. The van der Waals surface area contributed by atoms with E-state index in [1.54, 1.807) is 0 Å². The van der Waals surface area contributed by atoms with Crippen LogP contribution in [0.1, 0.15) is 26.7 Å². The quantitative estimate of drug-likeness (QED) is 0.586. The van der Waals surface area contributed by atoms with E-state index < -0.39 is 0 Å². The number of rotatable bonds is 6. The predicted molar refractivity (Wildman–Crippen MR) is 44.4 cm³/mol. The van der Waals surface area contributed by atoms with E-state index in [4.69, 9.17) is 4.74 Å². The molecule has 1 amide bonds. The van der Waals surface area contributed by atoms with Crippen molar-refractivity contribution in [2.75, 3.05) is 19.8 Å². The highest BCUT2D eigenvalue weighted by Gasteiger charge is 1.97. The molecular formula is C8H17NO2. The first-order valence-corrected chi connectivity index (χ1v) is 4.15. The third kappa shape index (κ3) is 7.33. The molecule has 0 aliphatic carbocycles. The third-order valence-corrected chi connectivity index (χ3v) is 1.15. The molecule has 0 saturated heterocycles. The molecule has 0 heterocycles. The summed E-state index contributed by atoms with van der Waals surface area (Å²) < 4.78 is 5.03. The van der Waals surface area contributed by atoms with Crippen LogP contribution in [0.4, 0.5) is 0 Å². The zero-order chi connectivity index (χ0) is 8.53. The van der Waals surface area contributed by atoms with Crippen molar-refractivity contribution in [1.82, 2.24) is 5.32 Å². The summed E-state index contributed by atoms with van der Waals surface area (Å²) in [5.74, 6) is -0.0136. The van der Waals surface area contributed by atoms with Gasteiger partial charge in [0, 0.05) is 13.2 Å².